The highest BCUT2D eigenvalue weighted by atomic mass is 79.9. The van der Waals surface area contributed by atoms with Gasteiger partial charge in [0.15, 0.2) is 6.23 Å². The second kappa shape index (κ2) is 4.80. The number of carbonyl (C=O) groups excluding carboxylic acids is 1. The number of hydrogen-bond donors (Lipinski definition) is 1. The van der Waals surface area contributed by atoms with Crippen LogP contribution in [0.1, 0.15) is 6.92 Å². The van der Waals surface area contributed by atoms with Gasteiger partial charge in [-0.15, -0.1) is 0 Å². The number of allylic oxidation sites excluding steroid dienone is 1. The zero-order valence-corrected chi connectivity index (χ0v) is 10.6. The van der Waals surface area contributed by atoms with Crippen molar-refractivity contribution in [3.8, 4) is 0 Å². The van der Waals surface area contributed by atoms with Gasteiger partial charge in [0.1, 0.15) is 5.57 Å². The lowest BCUT2D eigenvalue weighted by molar-refractivity contribution is -0.140. The second-order valence-corrected chi connectivity index (χ2v) is 4.20. The van der Waals surface area contributed by atoms with Crippen LogP contribution in [0.15, 0.2) is 32.4 Å². The molecule has 7 heteroatoms. The van der Waals surface area contributed by atoms with E-state index in [-0.39, 0.29) is 12.2 Å². The van der Waals surface area contributed by atoms with Crippen LogP contribution < -0.4 is 0 Å². The smallest absolute Gasteiger partial charge is 0.340 e. The lowest BCUT2D eigenvalue weighted by atomic mass is 10.2. The number of carbonyl (C=O) groups is 1. The van der Waals surface area contributed by atoms with Crippen LogP contribution in [0.4, 0.5) is 0 Å². The van der Waals surface area contributed by atoms with Gasteiger partial charge in [0.25, 0.3) is 0 Å². The molecule has 0 fully saturated rings. The topological polar surface area (TPSA) is 74.5 Å². The zero-order valence-electron chi connectivity index (χ0n) is 9.00. The number of esters is 1. The maximum absolute atomic E-state index is 11.5. The molecular formula is C10H10BrN3O3. The van der Waals surface area contributed by atoms with Crippen molar-refractivity contribution < 1.29 is 14.6 Å². The quantitative estimate of drug-likeness (QED) is 0.763. The third kappa shape index (κ3) is 2.29. The number of rotatable bonds is 2. The summed E-state index contributed by atoms with van der Waals surface area (Å²) in [5, 5.41) is 10.0. The predicted octanol–water partition coefficient (Wildman–Crippen LogP) is 0.744. The van der Waals surface area contributed by atoms with Crippen LogP contribution in [0, 0.1) is 0 Å². The Hall–Kier alpha value is -1.47. The molecule has 0 saturated heterocycles. The highest BCUT2D eigenvalue weighted by Crippen LogP contribution is 2.21. The fraction of sp³-hybridized carbons (Fsp3) is 0.300. The Kier molecular flexibility index (Phi) is 3.39. The number of hydrogen-bond acceptors (Lipinski definition) is 6. The molecule has 0 aromatic rings. The minimum atomic E-state index is -1.13. The number of aliphatic imine (C=N–C) groups is 2. The summed E-state index contributed by atoms with van der Waals surface area (Å²) in [6.07, 6.45) is 3.30. The number of halogens is 1. The van der Waals surface area contributed by atoms with Gasteiger partial charge in [-0.25, -0.2) is 14.8 Å². The minimum absolute atomic E-state index is 0.0873. The van der Waals surface area contributed by atoms with E-state index in [1.165, 1.54) is 11.1 Å². The molecule has 1 N–H and O–H groups in total. The molecule has 0 aromatic heterocycles. The van der Waals surface area contributed by atoms with Gasteiger partial charge < -0.3 is 9.84 Å². The average molecular weight is 300 g/mol. The minimum Gasteiger partial charge on any atom is -0.462 e. The Morgan fingerprint density at radius 3 is 3.18 bits per heavy atom. The fourth-order valence-electron chi connectivity index (χ4n) is 1.41. The molecule has 17 heavy (non-hydrogen) atoms. The molecule has 90 valence electrons. The molecule has 0 saturated carbocycles. The van der Waals surface area contributed by atoms with Gasteiger partial charge in [-0.1, -0.05) is 0 Å². The normalized spacial score (nSPS) is 22.4. The maximum Gasteiger partial charge on any atom is 0.340 e. The summed E-state index contributed by atoms with van der Waals surface area (Å²) < 4.78 is 5.51. The molecule has 2 heterocycles. The number of fused-ring (bicyclic) bond motifs is 1. The van der Waals surface area contributed by atoms with Crippen LogP contribution >= 0.6 is 15.9 Å². The molecule has 2 aliphatic rings. The van der Waals surface area contributed by atoms with Crippen molar-refractivity contribution in [2.45, 2.75) is 13.2 Å². The van der Waals surface area contributed by atoms with Crippen molar-refractivity contribution in [2.24, 2.45) is 9.98 Å². The summed E-state index contributed by atoms with van der Waals surface area (Å²) in [4.78, 5) is 20.9. The van der Waals surface area contributed by atoms with E-state index in [0.29, 0.717) is 10.4 Å². The zero-order chi connectivity index (χ0) is 12.4. The van der Waals surface area contributed by atoms with Gasteiger partial charge in [-0.2, -0.15) is 0 Å². The molecule has 2 aliphatic heterocycles. The van der Waals surface area contributed by atoms with Gasteiger partial charge >= 0.3 is 5.97 Å². The van der Waals surface area contributed by atoms with Crippen molar-refractivity contribution in [3.05, 3.63) is 22.5 Å². The van der Waals surface area contributed by atoms with Crippen LogP contribution in [0.2, 0.25) is 0 Å². The summed E-state index contributed by atoms with van der Waals surface area (Å²) in [6.45, 7) is 1.95. The second-order valence-electron chi connectivity index (χ2n) is 3.29. The van der Waals surface area contributed by atoms with E-state index in [0.717, 1.165) is 0 Å². The molecule has 0 aliphatic carbocycles. The largest absolute Gasteiger partial charge is 0.462 e. The average Bonchev–Trinajstić information content (AvgIpc) is 2.30. The van der Waals surface area contributed by atoms with Crippen molar-refractivity contribution in [1.29, 1.82) is 0 Å². The van der Waals surface area contributed by atoms with E-state index in [4.69, 9.17) is 4.74 Å². The fourth-order valence-corrected chi connectivity index (χ4v) is 1.73. The van der Waals surface area contributed by atoms with E-state index >= 15 is 0 Å². The third-order valence-electron chi connectivity index (χ3n) is 2.17. The highest BCUT2D eigenvalue weighted by Gasteiger charge is 2.31. The third-order valence-corrected chi connectivity index (χ3v) is 2.58. The van der Waals surface area contributed by atoms with Crippen molar-refractivity contribution in [2.75, 3.05) is 6.61 Å². The van der Waals surface area contributed by atoms with Crippen molar-refractivity contribution in [1.82, 2.24) is 4.90 Å². The van der Waals surface area contributed by atoms with Crippen LogP contribution in [-0.2, 0) is 9.53 Å². The van der Waals surface area contributed by atoms with Crippen LogP contribution in [0.25, 0.3) is 0 Å². The van der Waals surface area contributed by atoms with E-state index in [9.17, 15) is 9.90 Å². The summed E-state index contributed by atoms with van der Waals surface area (Å²) in [6, 6.07) is 0. The molecule has 1 atom stereocenters. The number of ether oxygens (including phenoxy) is 1. The number of aliphatic hydroxyl groups is 1. The summed E-state index contributed by atoms with van der Waals surface area (Å²) >= 11 is 3.23. The predicted molar refractivity (Wildman–Crippen MR) is 65.5 cm³/mol. The van der Waals surface area contributed by atoms with E-state index in [1.807, 2.05) is 0 Å². The highest BCUT2D eigenvalue weighted by molar-refractivity contribution is 9.12. The molecule has 1 unspecified atom stereocenters. The Morgan fingerprint density at radius 1 is 1.71 bits per heavy atom. The van der Waals surface area contributed by atoms with Gasteiger partial charge in [0, 0.05) is 18.6 Å². The number of nitrogens with zero attached hydrogens (tertiary/aromatic N) is 3. The summed E-state index contributed by atoms with van der Waals surface area (Å²) in [5.74, 6) is -0.254. The molecule has 0 spiro atoms. The molecule has 0 aromatic carbocycles. The van der Waals surface area contributed by atoms with E-state index in [2.05, 4.69) is 25.9 Å². The molecular weight excluding hydrogens is 290 g/mol. The lowest BCUT2D eigenvalue weighted by Crippen LogP contribution is -2.42. The van der Waals surface area contributed by atoms with Gasteiger partial charge in [-0.3, -0.25) is 4.90 Å². The van der Waals surface area contributed by atoms with Crippen LogP contribution in [0.3, 0.4) is 0 Å². The molecule has 0 radical (unpaired) electrons. The first kappa shape index (κ1) is 12.0. The summed E-state index contributed by atoms with van der Waals surface area (Å²) in [5.41, 5.74) is 0.0873. The molecule has 2 rings (SSSR count). The lowest BCUT2D eigenvalue weighted by Gasteiger charge is -2.30. The Balaban J connectivity index is 2.28. The number of guanidine groups is 1. The van der Waals surface area contributed by atoms with E-state index < -0.39 is 12.2 Å². The van der Waals surface area contributed by atoms with Crippen LogP contribution in [-0.4, -0.2) is 41.0 Å². The van der Waals surface area contributed by atoms with E-state index in [1.54, 1.807) is 19.3 Å². The molecule has 0 bridgehead atoms. The first-order valence-corrected chi connectivity index (χ1v) is 5.75. The number of aliphatic hydroxyl groups excluding tert-OH is 1. The Bertz CT molecular complexity index is 467. The van der Waals surface area contributed by atoms with Gasteiger partial charge in [0.05, 0.1) is 11.1 Å². The van der Waals surface area contributed by atoms with Crippen LogP contribution in [0.5, 0.6) is 0 Å². The van der Waals surface area contributed by atoms with Crippen molar-refractivity contribution in [3.63, 3.8) is 0 Å². The first-order valence-electron chi connectivity index (χ1n) is 4.96. The maximum atomic E-state index is 11.5. The summed E-state index contributed by atoms with van der Waals surface area (Å²) in [7, 11) is 0. The standard InChI is InChI=1S/C10H10BrN3O3/c1-2-17-9(16)7-4-13-10-12-3-6(11)5-14(10)8(7)15/h3-5,8,15H,2H2,1H3. The van der Waals surface area contributed by atoms with Gasteiger partial charge in [-0.05, 0) is 22.9 Å². The van der Waals surface area contributed by atoms with Gasteiger partial charge in [0.2, 0.25) is 5.96 Å². The SMILES string of the molecule is CCOC(=O)C1=CN=C2N=CC(Br)=CN2C1O. The first-order chi connectivity index (χ1) is 8.13. The Labute approximate surface area is 106 Å². The monoisotopic (exact) mass is 299 g/mol. The molecule has 0 amide bonds. The van der Waals surface area contributed by atoms with Crippen molar-refractivity contribution >= 4 is 34.1 Å². The molecule has 6 nitrogen and oxygen atoms in total. The Morgan fingerprint density at radius 2 is 2.47 bits per heavy atom.